The van der Waals surface area contributed by atoms with E-state index in [0.717, 1.165) is 0 Å². The Morgan fingerprint density at radius 3 is 2.67 bits per heavy atom. The lowest BCUT2D eigenvalue weighted by molar-refractivity contribution is 0.0190. The molecule has 0 aliphatic carbocycles. The first-order valence-electron chi connectivity index (χ1n) is 3.73. The van der Waals surface area contributed by atoms with E-state index in [2.05, 4.69) is 4.74 Å². The summed E-state index contributed by atoms with van der Waals surface area (Å²) in [5.41, 5.74) is 0. The molecule has 0 spiro atoms. The molecule has 1 N–H and O–H groups in total. The summed E-state index contributed by atoms with van der Waals surface area (Å²) in [4.78, 5) is 0. The highest BCUT2D eigenvalue weighted by atomic mass is 19.3. The van der Waals surface area contributed by atoms with Crippen LogP contribution in [-0.2, 0) is 9.47 Å². The number of hydrogen-bond acceptors (Lipinski definition) is 3. The fourth-order valence-electron chi connectivity index (χ4n) is 0.584. The summed E-state index contributed by atoms with van der Waals surface area (Å²) >= 11 is 0. The summed E-state index contributed by atoms with van der Waals surface area (Å²) in [6.07, 6.45) is -2.19. The Labute approximate surface area is 70.2 Å². The average Bonchev–Trinajstić information content (AvgIpc) is 1.98. The van der Waals surface area contributed by atoms with Crippen molar-refractivity contribution >= 4 is 5.90 Å². The van der Waals surface area contributed by atoms with E-state index in [9.17, 15) is 8.78 Å². The quantitative estimate of drug-likeness (QED) is 0.385. The molecule has 0 aromatic carbocycles. The van der Waals surface area contributed by atoms with Gasteiger partial charge in [-0.1, -0.05) is 0 Å². The van der Waals surface area contributed by atoms with Gasteiger partial charge in [0.2, 0.25) is 0 Å². The van der Waals surface area contributed by atoms with Crippen LogP contribution in [0.2, 0.25) is 0 Å². The molecular weight excluding hydrogens is 168 g/mol. The van der Waals surface area contributed by atoms with Crippen molar-refractivity contribution in [3.63, 3.8) is 0 Å². The topological polar surface area (TPSA) is 42.3 Å². The molecule has 0 aromatic rings. The highest BCUT2D eigenvalue weighted by molar-refractivity contribution is 5.72. The summed E-state index contributed by atoms with van der Waals surface area (Å²) in [7, 11) is 0. The molecule has 0 aliphatic rings. The van der Waals surface area contributed by atoms with E-state index in [1.165, 1.54) is 0 Å². The van der Waals surface area contributed by atoms with E-state index < -0.39 is 13.0 Å². The van der Waals surface area contributed by atoms with Crippen LogP contribution < -0.4 is 0 Å². The molecule has 0 aliphatic heterocycles. The third kappa shape index (κ3) is 7.40. The lowest BCUT2D eigenvalue weighted by atomic mass is 10.4. The van der Waals surface area contributed by atoms with Crippen LogP contribution in [0.4, 0.5) is 8.78 Å². The van der Waals surface area contributed by atoms with Crippen molar-refractivity contribution in [3.05, 3.63) is 0 Å². The normalized spacial score (nSPS) is 10.3. The first-order chi connectivity index (χ1) is 5.66. The van der Waals surface area contributed by atoms with Crippen molar-refractivity contribution < 1.29 is 18.3 Å². The maximum Gasteiger partial charge on any atom is 0.261 e. The zero-order valence-electron chi connectivity index (χ0n) is 6.98. The van der Waals surface area contributed by atoms with E-state index in [4.69, 9.17) is 10.1 Å². The fraction of sp³-hybridized carbons (Fsp3) is 0.857. The van der Waals surface area contributed by atoms with E-state index >= 15 is 0 Å². The van der Waals surface area contributed by atoms with Gasteiger partial charge in [-0.15, -0.1) is 0 Å². The highest BCUT2D eigenvalue weighted by Crippen LogP contribution is 1.94. The van der Waals surface area contributed by atoms with Crippen molar-refractivity contribution in [1.29, 1.82) is 5.41 Å². The average molecular weight is 181 g/mol. The summed E-state index contributed by atoms with van der Waals surface area (Å²) in [6, 6.07) is 0. The monoisotopic (exact) mass is 181 g/mol. The van der Waals surface area contributed by atoms with Gasteiger partial charge in [0, 0.05) is 6.42 Å². The molecule has 0 unspecified atom stereocenters. The Morgan fingerprint density at radius 2 is 2.17 bits per heavy atom. The van der Waals surface area contributed by atoms with Crippen molar-refractivity contribution in [2.24, 2.45) is 0 Å². The van der Waals surface area contributed by atoms with Crippen molar-refractivity contribution in [1.82, 2.24) is 0 Å². The van der Waals surface area contributed by atoms with Gasteiger partial charge in [-0.05, 0) is 6.92 Å². The molecule has 5 heteroatoms. The Balaban J connectivity index is 3.14. The van der Waals surface area contributed by atoms with Crippen LogP contribution >= 0.6 is 0 Å². The zero-order valence-corrected chi connectivity index (χ0v) is 6.98. The predicted molar refractivity (Wildman–Crippen MR) is 40.8 cm³/mol. The Kier molecular flexibility index (Phi) is 6.55. The van der Waals surface area contributed by atoms with E-state index in [-0.39, 0.29) is 18.9 Å². The maximum absolute atomic E-state index is 11.5. The second-order valence-electron chi connectivity index (χ2n) is 2.07. The number of nitrogens with one attached hydrogen (secondary N) is 1. The largest absolute Gasteiger partial charge is 0.481 e. The SMILES string of the molecule is CCOC(=N)CCOCC(F)F. The van der Waals surface area contributed by atoms with Gasteiger partial charge in [-0.2, -0.15) is 0 Å². The van der Waals surface area contributed by atoms with Crippen LogP contribution in [0, 0.1) is 5.41 Å². The van der Waals surface area contributed by atoms with Crippen LogP contribution in [0.25, 0.3) is 0 Å². The van der Waals surface area contributed by atoms with Gasteiger partial charge in [0.15, 0.2) is 5.90 Å². The molecule has 0 rings (SSSR count). The van der Waals surface area contributed by atoms with Gasteiger partial charge in [-0.3, -0.25) is 5.41 Å². The Morgan fingerprint density at radius 1 is 1.50 bits per heavy atom. The summed E-state index contributed by atoms with van der Waals surface area (Å²) in [5, 5.41) is 7.08. The molecule has 0 bridgehead atoms. The predicted octanol–water partition coefficient (Wildman–Crippen LogP) is 1.67. The number of halogens is 2. The van der Waals surface area contributed by atoms with Crippen LogP contribution in [0.5, 0.6) is 0 Å². The molecule has 0 fully saturated rings. The van der Waals surface area contributed by atoms with Crippen LogP contribution in [0.1, 0.15) is 13.3 Å². The van der Waals surface area contributed by atoms with E-state index in [1.807, 2.05) is 0 Å². The molecule has 0 heterocycles. The minimum atomic E-state index is -2.44. The second-order valence-corrected chi connectivity index (χ2v) is 2.07. The molecular formula is C7H13F2NO2. The van der Waals surface area contributed by atoms with Crippen molar-refractivity contribution in [2.75, 3.05) is 19.8 Å². The van der Waals surface area contributed by atoms with Crippen LogP contribution in [0.3, 0.4) is 0 Å². The molecule has 12 heavy (non-hydrogen) atoms. The van der Waals surface area contributed by atoms with Crippen molar-refractivity contribution in [3.8, 4) is 0 Å². The molecule has 0 radical (unpaired) electrons. The molecule has 0 saturated carbocycles. The van der Waals surface area contributed by atoms with Crippen LogP contribution in [0.15, 0.2) is 0 Å². The molecule has 0 atom stereocenters. The summed E-state index contributed by atoms with van der Waals surface area (Å²) in [5.74, 6) is 0.0757. The Hall–Kier alpha value is -0.710. The molecule has 72 valence electrons. The van der Waals surface area contributed by atoms with E-state index in [1.54, 1.807) is 6.92 Å². The summed E-state index contributed by atoms with van der Waals surface area (Å²) in [6.45, 7) is 1.73. The lowest BCUT2D eigenvalue weighted by Gasteiger charge is -2.05. The smallest absolute Gasteiger partial charge is 0.261 e. The second kappa shape index (κ2) is 6.97. The fourth-order valence-corrected chi connectivity index (χ4v) is 0.584. The number of ether oxygens (including phenoxy) is 2. The summed E-state index contributed by atoms with van der Waals surface area (Å²) < 4.78 is 32.3. The van der Waals surface area contributed by atoms with Gasteiger partial charge in [-0.25, -0.2) is 8.78 Å². The zero-order chi connectivity index (χ0) is 9.40. The minimum Gasteiger partial charge on any atom is -0.481 e. The number of alkyl halides is 2. The highest BCUT2D eigenvalue weighted by Gasteiger charge is 2.02. The first-order valence-corrected chi connectivity index (χ1v) is 3.73. The maximum atomic E-state index is 11.5. The lowest BCUT2D eigenvalue weighted by Crippen LogP contribution is -2.10. The molecule has 0 amide bonds. The van der Waals surface area contributed by atoms with Crippen LogP contribution in [-0.4, -0.2) is 32.1 Å². The van der Waals surface area contributed by atoms with Gasteiger partial charge >= 0.3 is 0 Å². The Bertz CT molecular complexity index is 131. The third-order valence-electron chi connectivity index (χ3n) is 1.04. The van der Waals surface area contributed by atoms with Gasteiger partial charge in [0.05, 0.1) is 13.2 Å². The van der Waals surface area contributed by atoms with Gasteiger partial charge in [0.1, 0.15) is 6.61 Å². The van der Waals surface area contributed by atoms with Gasteiger partial charge in [0.25, 0.3) is 6.43 Å². The number of rotatable bonds is 6. The number of hydrogen-bond donors (Lipinski definition) is 1. The third-order valence-corrected chi connectivity index (χ3v) is 1.04. The molecule has 0 saturated heterocycles. The van der Waals surface area contributed by atoms with Crippen molar-refractivity contribution in [2.45, 2.75) is 19.8 Å². The first kappa shape index (κ1) is 11.3. The molecule has 0 aromatic heterocycles. The van der Waals surface area contributed by atoms with E-state index in [0.29, 0.717) is 6.61 Å². The van der Waals surface area contributed by atoms with Gasteiger partial charge < -0.3 is 9.47 Å². The standard InChI is InChI=1S/C7H13F2NO2/c1-2-12-7(10)3-4-11-5-6(8)9/h6,10H,2-5H2,1H3. The minimum absolute atomic E-state index is 0.0757. The molecule has 3 nitrogen and oxygen atoms in total.